The SMILES string of the molecule is O=C(O)CCS(=O)(=O)Nc1ccc(F)c(Br)c1. The minimum atomic E-state index is -3.73. The minimum absolute atomic E-state index is 0.121. The Morgan fingerprint density at radius 1 is 1.47 bits per heavy atom. The quantitative estimate of drug-likeness (QED) is 0.864. The molecule has 5 nitrogen and oxygen atoms in total. The number of hydrogen-bond acceptors (Lipinski definition) is 3. The second kappa shape index (κ2) is 5.46. The molecule has 17 heavy (non-hydrogen) atoms. The third-order valence-corrected chi connectivity index (χ3v) is 3.67. The van der Waals surface area contributed by atoms with E-state index in [1.165, 1.54) is 12.1 Å². The summed E-state index contributed by atoms with van der Waals surface area (Å²) >= 11 is 2.91. The molecule has 1 aromatic carbocycles. The zero-order valence-corrected chi connectivity index (χ0v) is 10.9. The highest BCUT2D eigenvalue weighted by atomic mass is 79.9. The fourth-order valence-electron chi connectivity index (χ4n) is 1.01. The van der Waals surface area contributed by atoms with Gasteiger partial charge in [0.15, 0.2) is 0 Å². The summed E-state index contributed by atoms with van der Waals surface area (Å²) in [6.45, 7) is 0. The third-order valence-electron chi connectivity index (χ3n) is 1.78. The molecule has 0 heterocycles. The number of anilines is 1. The Morgan fingerprint density at radius 3 is 2.65 bits per heavy atom. The van der Waals surface area contributed by atoms with Crippen molar-refractivity contribution in [3.05, 3.63) is 28.5 Å². The summed E-state index contributed by atoms with van der Waals surface area (Å²) in [7, 11) is -3.73. The van der Waals surface area contributed by atoms with Crippen LogP contribution in [0.1, 0.15) is 6.42 Å². The first-order valence-corrected chi connectivity index (χ1v) is 6.92. The van der Waals surface area contributed by atoms with Crippen LogP contribution in [0.5, 0.6) is 0 Å². The van der Waals surface area contributed by atoms with Gasteiger partial charge in [0.2, 0.25) is 10.0 Å². The molecule has 0 aliphatic heterocycles. The molecule has 1 aromatic rings. The Morgan fingerprint density at radius 2 is 2.12 bits per heavy atom. The van der Waals surface area contributed by atoms with Crippen LogP contribution < -0.4 is 4.72 Å². The van der Waals surface area contributed by atoms with E-state index in [4.69, 9.17) is 5.11 Å². The molecule has 0 aliphatic carbocycles. The average molecular weight is 326 g/mol. The first-order valence-electron chi connectivity index (χ1n) is 4.47. The largest absolute Gasteiger partial charge is 0.481 e. The van der Waals surface area contributed by atoms with Gasteiger partial charge in [-0.3, -0.25) is 9.52 Å². The molecular formula is C9H9BrFNO4S. The first kappa shape index (κ1) is 13.9. The highest BCUT2D eigenvalue weighted by molar-refractivity contribution is 9.10. The number of carboxylic acid groups (broad SMARTS) is 1. The van der Waals surface area contributed by atoms with Crippen molar-refractivity contribution in [2.24, 2.45) is 0 Å². The summed E-state index contributed by atoms with van der Waals surface area (Å²) in [5.41, 5.74) is 0.170. The molecule has 0 spiro atoms. The minimum Gasteiger partial charge on any atom is -0.481 e. The lowest BCUT2D eigenvalue weighted by Gasteiger charge is -2.07. The van der Waals surface area contributed by atoms with Crippen LogP contribution in [0.3, 0.4) is 0 Å². The van der Waals surface area contributed by atoms with Gasteiger partial charge in [-0.15, -0.1) is 0 Å². The van der Waals surface area contributed by atoms with Crippen LogP contribution in [0.25, 0.3) is 0 Å². The topological polar surface area (TPSA) is 83.5 Å². The van der Waals surface area contributed by atoms with Crippen molar-refractivity contribution in [3.8, 4) is 0 Å². The standard InChI is InChI=1S/C9H9BrFNO4S/c10-7-5-6(1-2-8(7)11)12-17(15,16)4-3-9(13)14/h1-2,5,12H,3-4H2,(H,13,14). The normalized spacial score (nSPS) is 11.2. The van der Waals surface area contributed by atoms with Gasteiger partial charge in [0, 0.05) is 5.69 Å². The van der Waals surface area contributed by atoms with Crippen LogP contribution in [0.2, 0.25) is 0 Å². The van der Waals surface area contributed by atoms with E-state index in [9.17, 15) is 17.6 Å². The van der Waals surface area contributed by atoms with E-state index >= 15 is 0 Å². The number of rotatable bonds is 5. The highest BCUT2D eigenvalue weighted by Crippen LogP contribution is 2.20. The molecule has 0 unspecified atom stereocenters. The second-order valence-corrected chi connectivity index (χ2v) is 5.89. The van der Waals surface area contributed by atoms with E-state index in [1.54, 1.807) is 0 Å². The van der Waals surface area contributed by atoms with Gasteiger partial charge in [0.25, 0.3) is 0 Å². The predicted molar refractivity (Wildman–Crippen MR) is 63.8 cm³/mol. The van der Waals surface area contributed by atoms with Crippen LogP contribution in [0, 0.1) is 5.82 Å². The first-order chi connectivity index (χ1) is 7.80. The van der Waals surface area contributed by atoms with Gasteiger partial charge >= 0.3 is 5.97 Å². The number of carbonyl (C=O) groups is 1. The molecule has 0 aliphatic rings. The maximum atomic E-state index is 12.9. The fourth-order valence-corrected chi connectivity index (χ4v) is 2.42. The molecule has 94 valence electrons. The maximum Gasteiger partial charge on any atom is 0.304 e. The van der Waals surface area contributed by atoms with Crippen LogP contribution in [0.15, 0.2) is 22.7 Å². The van der Waals surface area contributed by atoms with Gasteiger partial charge in [-0.05, 0) is 34.1 Å². The number of nitrogens with one attached hydrogen (secondary N) is 1. The lowest BCUT2D eigenvalue weighted by molar-refractivity contribution is -0.136. The van der Waals surface area contributed by atoms with Crippen LogP contribution >= 0.6 is 15.9 Å². The molecule has 0 radical (unpaired) electrons. The fraction of sp³-hybridized carbons (Fsp3) is 0.222. The molecule has 0 aromatic heterocycles. The van der Waals surface area contributed by atoms with Crippen LogP contribution in [-0.4, -0.2) is 25.2 Å². The predicted octanol–water partition coefficient (Wildman–Crippen LogP) is 1.80. The number of sulfonamides is 1. The number of benzene rings is 1. The number of carboxylic acids is 1. The van der Waals surface area contributed by atoms with Crippen molar-refractivity contribution in [1.82, 2.24) is 0 Å². The molecule has 0 saturated heterocycles. The van der Waals surface area contributed by atoms with E-state index in [-0.39, 0.29) is 10.2 Å². The average Bonchev–Trinajstić information content (AvgIpc) is 2.21. The van der Waals surface area contributed by atoms with E-state index in [0.717, 1.165) is 6.07 Å². The summed E-state index contributed by atoms with van der Waals surface area (Å²) in [5, 5.41) is 8.37. The molecule has 0 atom stereocenters. The van der Waals surface area contributed by atoms with Crippen molar-refractivity contribution < 1.29 is 22.7 Å². The van der Waals surface area contributed by atoms with Gasteiger partial charge in [0.05, 0.1) is 16.6 Å². The van der Waals surface area contributed by atoms with Gasteiger partial charge in [-0.1, -0.05) is 0 Å². The number of halogens is 2. The molecule has 0 bridgehead atoms. The smallest absolute Gasteiger partial charge is 0.304 e. The van der Waals surface area contributed by atoms with Gasteiger partial charge in [-0.2, -0.15) is 0 Å². The Bertz CT molecular complexity index is 532. The lowest BCUT2D eigenvalue weighted by atomic mass is 10.3. The summed E-state index contributed by atoms with van der Waals surface area (Å²) in [6, 6.07) is 3.60. The zero-order valence-electron chi connectivity index (χ0n) is 8.48. The lowest BCUT2D eigenvalue weighted by Crippen LogP contribution is -2.18. The monoisotopic (exact) mass is 325 g/mol. The third kappa shape index (κ3) is 4.70. The van der Waals surface area contributed by atoms with Gasteiger partial charge in [-0.25, -0.2) is 12.8 Å². The van der Waals surface area contributed by atoms with Crippen molar-refractivity contribution in [2.45, 2.75) is 6.42 Å². The molecule has 0 amide bonds. The summed E-state index contributed by atoms with van der Waals surface area (Å²) in [4.78, 5) is 10.2. The van der Waals surface area contributed by atoms with Crippen LogP contribution in [-0.2, 0) is 14.8 Å². The molecule has 0 fully saturated rings. The van der Waals surface area contributed by atoms with E-state index in [0.29, 0.717) is 0 Å². The molecule has 1 rings (SSSR count). The molecular weight excluding hydrogens is 317 g/mol. The Labute approximate surface area is 106 Å². The van der Waals surface area contributed by atoms with Crippen molar-refractivity contribution in [1.29, 1.82) is 0 Å². The number of hydrogen-bond donors (Lipinski definition) is 2. The van der Waals surface area contributed by atoms with Crippen LogP contribution in [0.4, 0.5) is 10.1 Å². The Hall–Kier alpha value is -1.15. The number of aliphatic carboxylic acids is 1. The molecule has 2 N–H and O–H groups in total. The Balaban J connectivity index is 2.76. The zero-order chi connectivity index (χ0) is 13.1. The summed E-state index contributed by atoms with van der Waals surface area (Å²) in [5.74, 6) is -2.24. The van der Waals surface area contributed by atoms with Gasteiger partial charge in [0.1, 0.15) is 5.82 Å². The highest BCUT2D eigenvalue weighted by Gasteiger charge is 2.13. The summed E-state index contributed by atoms with van der Waals surface area (Å²) in [6.07, 6.45) is -0.488. The molecule has 8 heteroatoms. The van der Waals surface area contributed by atoms with E-state index in [1.807, 2.05) is 0 Å². The van der Waals surface area contributed by atoms with Crippen molar-refractivity contribution >= 4 is 37.6 Å². The Kier molecular flexibility index (Phi) is 4.47. The maximum absolute atomic E-state index is 12.9. The van der Waals surface area contributed by atoms with Gasteiger partial charge < -0.3 is 5.11 Å². The van der Waals surface area contributed by atoms with E-state index < -0.39 is 34.0 Å². The summed E-state index contributed by atoms with van der Waals surface area (Å²) < 4.78 is 38.0. The van der Waals surface area contributed by atoms with Crippen molar-refractivity contribution in [3.63, 3.8) is 0 Å². The van der Waals surface area contributed by atoms with E-state index in [2.05, 4.69) is 20.7 Å². The molecule has 0 saturated carbocycles. The van der Waals surface area contributed by atoms with Crippen molar-refractivity contribution in [2.75, 3.05) is 10.5 Å². The second-order valence-electron chi connectivity index (χ2n) is 3.19.